The van der Waals surface area contributed by atoms with Gasteiger partial charge in [0, 0.05) is 30.9 Å². The molecule has 0 amide bonds. The molecule has 0 bridgehead atoms. The van der Waals surface area contributed by atoms with Gasteiger partial charge in [-0.25, -0.2) is 4.98 Å². The first-order chi connectivity index (χ1) is 11.8. The predicted octanol–water partition coefficient (Wildman–Crippen LogP) is 3.20. The topological polar surface area (TPSA) is 50.3 Å². The van der Waals surface area contributed by atoms with E-state index in [1.807, 2.05) is 30.3 Å². The Hall–Kier alpha value is -1.89. The van der Waals surface area contributed by atoms with Gasteiger partial charge in [0.1, 0.15) is 12.4 Å². The number of hydrogen-bond donors (Lipinski definition) is 1. The summed E-state index contributed by atoms with van der Waals surface area (Å²) in [7, 11) is 0. The summed E-state index contributed by atoms with van der Waals surface area (Å²) in [5.74, 6) is 0.791. The molecule has 1 aromatic carbocycles. The molecule has 1 fully saturated rings. The van der Waals surface area contributed by atoms with Gasteiger partial charge >= 0.3 is 0 Å². The highest BCUT2D eigenvalue weighted by Crippen LogP contribution is 2.32. The molecular formula is C17H17ClN4OS. The average Bonchev–Trinajstić information content (AvgIpc) is 3.04. The van der Waals surface area contributed by atoms with Crippen LogP contribution in [0.2, 0.25) is 5.02 Å². The zero-order chi connectivity index (χ0) is 16.4. The summed E-state index contributed by atoms with van der Waals surface area (Å²) in [4.78, 5) is 11.2. The standard InChI is InChI=1S/C17H17ClN4OS/c18-12-3-4-15-16(8-12)24-17(21-15)22-7-6-20-9-13(22)11-23-14-2-1-5-19-10-14/h1-5,8,10,13,20H,6-7,9,11H2. The minimum Gasteiger partial charge on any atom is -0.490 e. The van der Waals surface area contributed by atoms with Gasteiger partial charge in [-0.05, 0) is 30.3 Å². The van der Waals surface area contributed by atoms with Crippen LogP contribution in [0.3, 0.4) is 0 Å². The van der Waals surface area contributed by atoms with Crippen molar-refractivity contribution in [2.75, 3.05) is 31.1 Å². The fourth-order valence-electron chi connectivity index (χ4n) is 2.80. The van der Waals surface area contributed by atoms with Gasteiger partial charge in [0.05, 0.1) is 22.5 Å². The molecular weight excluding hydrogens is 344 g/mol. The molecule has 2 aromatic heterocycles. The lowest BCUT2D eigenvalue weighted by Crippen LogP contribution is -2.54. The third kappa shape index (κ3) is 3.31. The van der Waals surface area contributed by atoms with Crippen LogP contribution in [0.1, 0.15) is 0 Å². The van der Waals surface area contributed by atoms with Crippen molar-refractivity contribution in [1.82, 2.24) is 15.3 Å². The van der Waals surface area contributed by atoms with Crippen LogP contribution in [0.25, 0.3) is 10.2 Å². The summed E-state index contributed by atoms with van der Waals surface area (Å²) in [5.41, 5.74) is 0.991. The first-order valence-electron chi connectivity index (χ1n) is 7.86. The highest BCUT2D eigenvalue weighted by atomic mass is 35.5. The van der Waals surface area contributed by atoms with E-state index in [1.165, 1.54) is 0 Å². The van der Waals surface area contributed by atoms with Crippen LogP contribution in [-0.2, 0) is 0 Å². The zero-order valence-corrected chi connectivity index (χ0v) is 14.6. The molecule has 0 aliphatic carbocycles. The van der Waals surface area contributed by atoms with Gasteiger partial charge in [-0.15, -0.1) is 0 Å². The molecule has 4 rings (SSSR count). The summed E-state index contributed by atoms with van der Waals surface area (Å²) in [6.07, 6.45) is 3.48. The largest absolute Gasteiger partial charge is 0.490 e. The summed E-state index contributed by atoms with van der Waals surface area (Å²) in [5, 5.41) is 5.20. The summed E-state index contributed by atoms with van der Waals surface area (Å²) in [6, 6.07) is 9.86. The quantitative estimate of drug-likeness (QED) is 0.774. The van der Waals surface area contributed by atoms with E-state index in [-0.39, 0.29) is 6.04 Å². The number of pyridine rings is 1. The molecule has 1 aliphatic heterocycles. The number of hydrogen-bond acceptors (Lipinski definition) is 6. The minimum atomic E-state index is 0.231. The van der Waals surface area contributed by atoms with Gasteiger partial charge in [0.25, 0.3) is 0 Å². The maximum absolute atomic E-state index is 6.09. The lowest BCUT2D eigenvalue weighted by molar-refractivity contribution is 0.266. The molecule has 124 valence electrons. The lowest BCUT2D eigenvalue weighted by Gasteiger charge is -2.35. The Balaban J connectivity index is 1.54. The first kappa shape index (κ1) is 15.6. The highest BCUT2D eigenvalue weighted by molar-refractivity contribution is 7.22. The number of ether oxygens (including phenoxy) is 1. The molecule has 3 heterocycles. The Morgan fingerprint density at radius 1 is 1.38 bits per heavy atom. The number of aromatic nitrogens is 2. The molecule has 7 heteroatoms. The third-order valence-electron chi connectivity index (χ3n) is 4.01. The van der Waals surface area contributed by atoms with Crippen molar-refractivity contribution in [2.24, 2.45) is 0 Å². The third-order valence-corrected chi connectivity index (χ3v) is 5.30. The summed E-state index contributed by atoms with van der Waals surface area (Å²) < 4.78 is 7.02. The van der Waals surface area contributed by atoms with E-state index in [4.69, 9.17) is 21.3 Å². The van der Waals surface area contributed by atoms with E-state index in [0.717, 1.165) is 45.8 Å². The molecule has 0 radical (unpaired) electrons. The number of piperazine rings is 1. The van der Waals surface area contributed by atoms with Crippen molar-refractivity contribution in [3.63, 3.8) is 0 Å². The Labute approximate surface area is 149 Å². The van der Waals surface area contributed by atoms with Gasteiger partial charge in [0.15, 0.2) is 5.13 Å². The van der Waals surface area contributed by atoms with Crippen molar-refractivity contribution >= 4 is 38.3 Å². The molecule has 1 N–H and O–H groups in total. The molecule has 24 heavy (non-hydrogen) atoms. The van der Waals surface area contributed by atoms with Crippen LogP contribution in [-0.4, -0.2) is 42.3 Å². The van der Waals surface area contributed by atoms with Crippen LogP contribution in [0, 0.1) is 0 Å². The first-order valence-corrected chi connectivity index (χ1v) is 9.05. The van der Waals surface area contributed by atoms with Gasteiger partial charge in [-0.3, -0.25) is 4.98 Å². The van der Waals surface area contributed by atoms with Crippen molar-refractivity contribution in [1.29, 1.82) is 0 Å². The van der Waals surface area contributed by atoms with Gasteiger partial charge in [-0.2, -0.15) is 0 Å². The smallest absolute Gasteiger partial charge is 0.186 e. The van der Waals surface area contributed by atoms with E-state index in [0.29, 0.717) is 6.61 Å². The van der Waals surface area contributed by atoms with E-state index in [1.54, 1.807) is 23.7 Å². The Morgan fingerprint density at radius 3 is 3.21 bits per heavy atom. The van der Waals surface area contributed by atoms with Crippen LogP contribution >= 0.6 is 22.9 Å². The van der Waals surface area contributed by atoms with Crippen LogP contribution in [0.5, 0.6) is 5.75 Å². The number of rotatable bonds is 4. The summed E-state index contributed by atoms with van der Waals surface area (Å²) >= 11 is 7.77. The fourth-order valence-corrected chi connectivity index (χ4v) is 4.13. The van der Waals surface area contributed by atoms with Gasteiger partial charge in [-0.1, -0.05) is 22.9 Å². The predicted molar refractivity (Wildman–Crippen MR) is 98.4 cm³/mol. The average molecular weight is 361 g/mol. The molecule has 1 saturated heterocycles. The van der Waals surface area contributed by atoms with Gasteiger partial charge < -0.3 is 15.0 Å². The van der Waals surface area contributed by atoms with E-state index in [9.17, 15) is 0 Å². The molecule has 1 unspecified atom stereocenters. The van der Waals surface area contributed by atoms with Crippen LogP contribution in [0.15, 0.2) is 42.7 Å². The van der Waals surface area contributed by atoms with Crippen molar-refractivity contribution in [3.8, 4) is 5.75 Å². The fraction of sp³-hybridized carbons (Fsp3) is 0.294. The number of halogens is 1. The van der Waals surface area contributed by atoms with Crippen molar-refractivity contribution in [3.05, 3.63) is 47.7 Å². The number of thiazole rings is 1. The second kappa shape index (κ2) is 6.93. The van der Waals surface area contributed by atoms with Crippen molar-refractivity contribution < 1.29 is 4.74 Å². The molecule has 1 atom stereocenters. The molecule has 3 aromatic rings. The second-order valence-corrected chi connectivity index (χ2v) is 7.11. The normalized spacial score (nSPS) is 18.0. The number of benzene rings is 1. The maximum atomic E-state index is 6.09. The number of fused-ring (bicyclic) bond motifs is 1. The molecule has 5 nitrogen and oxygen atoms in total. The van der Waals surface area contributed by atoms with Crippen molar-refractivity contribution in [2.45, 2.75) is 6.04 Å². The van der Waals surface area contributed by atoms with Gasteiger partial charge in [0.2, 0.25) is 0 Å². The number of anilines is 1. The molecule has 1 aliphatic rings. The minimum absolute atomic E-state index is 0.231. The van der Waals surface area contributed by atoms with Crippen LogP contribution in [0.4, 0.5) is 5.13 Å². The van der Waals surface area contributed by atoms with Crippen LogP contribution < -0.4 is 15.0 Å². The molecule has 0 saturated carbocycles. The number of nitrogens with one attached hydrogen (secondary N) is 1. The zero-order valence-electron chi connectivity index (χ0n) is 13.0. The summed E-state index contributed by atoms with van der Waals surface area (Å²) in [6.45, 7) is 3.32. The highest BCUT2D eigenvalue weighted by Gasteiger charge is 2.25. The maximum Gasteiger partial charge on any atom is 0.186 e. The number of nitrogens with zero attached hydrogens (tertiary/aromatic N) is 3. The Kier molecular flexibility index (Phi) is 4.51. The SMILES string of the molecule is Clc1ccc2nc(N3CCNCC3COc3cccnc3)sc2c1. The second-order valence-electron chi connectivity index (χ2n) is 5.66. The Bertz CT molecular complexity index is 826. The van der Waals surface area contributed by atoms with E-state index in [2.05, 4.69) is 15.2 Å². The van der Waals surface area contributed by atoms with E-state index < -0.39 is 0 Å². The van der Waals surface area contributed by atoms with E-state index >= 15 is 0 Å². The Morgan fingerprint density at radius 2 is 2.33 bits per heavy atom. The monoisotopic (exact) mass is 360 g/mol. The lowest BCUT2D eigenvalue weighted by atomic mass is 10.2. The molecule has 0 spiro atoms.